The first-order valence-corrected chi connectivity index (χ1v) is 13.4. The Morgan fingerprint density at radius 2 is 2.03 bits per heavy atom. The number of imide groups is 1. The molecule has 1 aromatic carbocycles. The van der Waals surface area contributed by atoms with Crippen molar-refractivity contribution in [3.05, 3.63) is 51.7 Å². The van der Waals surface area contributed by atoms with Gasteiger partial charge in [0.1, 0.15) is 12.0 Å². The van der Waals surface area contributed by atoms with E-state index >= 15 is 0 Å². The monoisotopic (exact) mass is 511 g/mol. The van der Waals surface area contributed by atoms with E-state index in [-0.39, 0.29) is 36.3 Å². The Morgan fingerprint density at radius 3 is 2.78 bits per heavy atom. The van der Waals surface area contributed by atoms with Crippen LogP contribution >= 0.6 is 11.3 Å². The molecule has 1 saturated carbocycles. The minimum Gasteiger partial charge on any atom is -0.496 e. The first-order chi connectivity index (χ1) is 17.5. The summed E-state index contributed by atoms with van der Waals surface area (Å²) >= 11 is 1.60. The SMILES string of the molecule is COc1ccc(C=O)cc1CN1C(=O)N(CCCCC(=O)NCc2cccs2)C(=O)C2CCCCC21. The van der Waals surface area contributed by atoms with Gasteiger partial charge in [0.25, 0.3) is 0 Å². The van der Waals surface area contributed by atoms with Gasteiger partial charge in [0.15, 0.2) is 0 Å². The van der Waals surface area contributed by atoms with Crippen molar-refractivity contribution in [2.45, 2.75) is 64.1 Å². The Bertz CT molecular complexity index is 1090. The largest absolute Gasteiger partial charge is 0.496 e. The number of carbonyl (C=O) groups excluding carboxylic acids is 4. The Labute approximate surface area is 215 Å². The molecule has 2 aliphatic rings. The molecule has 1 aliphatic heterocycles. The molecular weight excluding hydrogens is 478 g/mol. The summed E-state index contributed by atoms with van der Waals surface area (Å²) in [7, 11) is 1.56. The fraction of sp³-hybridized carbons (Fsp3) is 0.481. The van der Waals surface area contributed by atoms with E-state index < -0.39 is 0 Å². The number of ether oxygens (including phenoxy) is 1. The number of hydrogen-bond acceptors (Lipinski definition) is 6. The highest BCUT2D eigenvalue weighted by Crippen LogP contribution is 2.36. The number of thiophene rings is 1. The van der Waals surface area contributed by atoms with E-state index in [2.05, 4.69) is 5.32 Å². The molecule has 4 rings (SSSR count). The third-order valence-electron chi connectivity index (χ3n) is 7.05. The van der Waals surface area contributed by atoms with Gasteiger partial charge >= 0.3 is 6.03 Å². The average Bonchev–Trinajstić information content (AvgIpc) is 3.43. The minimum absolute atomic E-state index is 0.0316. The predicted molar refractivity (Wildman–Crippen MR) is 137 cm³/mol. The molecule has 2 heterocycles. The van der Waals surface area contributed by atoms with Gasteiger partial charge in [-0.3, -0.25) is 19.3 Å². The van der Waals surface area contributed by atoms with Crippen LogP contribution in [-0.4, -0.2) is 53.6 Å². The molecule has 2 unspecified atom stereocenters. The van der Waals surface area contributed by atoms with E-state index in [4.69, 9.17) is 4.74 Å². The molecule has 192 valence electrons. The van der Waals surface area contributed by atoms with Gasteiger partial charge in [-0.2, -0.15) is 0 Å². The van der Waals surface area contributed by atoms with Gasteiger partial charge < -0.3 is 15.0 Å². The summed E-state index contributed by atoms with van der Waals surface area (Å²) in [5.74, 6) is 0.260. The normalized spacial score (nSPS) is 19.7. The molecule has 2 atom stereocenters. The zero-order valence-electron chi connectivity index (χ0n) is 20.6. The second-order valence-corrected chi connectivity index (χ2v) is 10.4. The molecule has 9 heteroatoms. The summed E-state index contributed by atoms with van der Waals surface area (Å²) in [6, 6.07) is 8.64. The number of fused-ring (bicyclic) bond motifs is 1. The Kier molecular flexibility index (Phi) is 8.74. The number of aldehydes is 1. The number of carbonyl (C=O) groups is 4. The molecule has 8 nitrogen and oxygen atoms in total. The lowest BCUT2D eigenvalue weighted by Gasteiger charge is -2.47. The van der Waals surface area contributed by atoms with Crippen LogP contribution in [0.2, 0.25) is 0 Å². The maximum atomic E-state index is 13.6. The van der Waals surface area contributed by atoms with E-state index in [1.165, 1.54) is 4.90 Å². The molecule has 0 radical (unpaired) electrons. The summed E-state index contributed by atoms with van der Waals surface area (Å²) < 4.78 is 5.48. The highest BCUT2D eigenvalue weighted by molar-refractivity contribution is 7.09. The van der Waals surface area contributed by atoms with Crippen molar-refractivity contribution in [3.8, 4) is 5.75 Å². The van der Waals surface area contributed by atoms with E-state index in [0.29, 0.717) is 43.7 Å². The van der Waals surface area contributed by atoms with Crippen molar-refractivity contribution < 1.29 is 23.9 Å². The average molecular weight is 512 g/mol. The van der Waals surface area contributed by atoms with E-state index in [1.807, 2.05) is 17.5 Å². The van der Waals surface area contributed by atoms with E-state index in [0.717, 1.165) is 42.4 Å². The molecule has 2 fully saturated rings. The number of nitrogens with one attached hydrogen (secondary N) is 1. The van der Waals surface area contributed by atoms with E-state index in [9.17, 15) is 19.2 Å². The van der Waals surface area contributed by atoms with Crippen LogP contribution in [0.4, 0.5) is 4.79 Å². The molecule has 2 aromatic rings. The van der Waals surface area contributed by atoms with Crippen molar-refractivity contribution in [2.24, 2.45) is 5.92 Å². The maximum absolute atomic E-state index is 13.6. The number of unbranched alkanes of at least 4 members (excludes halogenated alkanes) is 1. The van der Waals surface area contributed by atoms with Crippen LogP contribution in [0.3, 0.4) is 0 Å². The van der Waals surface area contributed by atoms with Gasteiger partial charge in [0, 0.05) is 35.0 Å². The van der Waals surface area contributed by atoms with Gasteiger partial charge in [-0.25, -0.2) is 4.79 Å². The summed E-state index contributed by atoms with van der Waals surface area (Å²) in [6.45, 7) is 1.09. The molecule has 1 aliphatic carbocycles. The van der Waals surface area contributed by atoms with E-state index in [1.54, 1.807) is 41.5 Å². The molecule has 0 bridgehead atoms. The fourth-order valence-electron chi connectivity index (χ4n) is 5.18. The number of benzene rings is 1. The Balaban J connectivity index is 1.39. The zero-order valence-corrected chi connectivity index (χ0v) is 21.4. The second-order valence-electron chi connectivity index (χ2n) is 9.36. The van der Waals surface area contributed by atoms with Crippen molar-refractivity contribution in [1.29, 1.82) is 0 Å². The van der Waals surface area contributed by atoms with Crippen molar-refractivity contribution >= 4 is 35.5 Å². The molecule has 1 N–H and O–H groups in total. The number of rotatable bonds is 11. The van der Waals surface area contributed by atoms with Crippen LogP contribution in [0.15, 0.2) is 35.7 Å². The van der Waals surface area contributed by atoms with Crippen LogP contribution in [0.25, 0.3) is 0 Å². The lowest BCUT2D eigenvalue weighted by molar-refractivity contribution is -0.140. The smallest absolute Gasteiger partial charge is 0.327 e. The van der Waals surface area contributed by atoms with Crippen molar-refractivity contribution in [2.75, 3.05) is 13.7 Å². The Hall–Kier alpha value is -3.20. The van der Waals surface area contributed by atoms with Crippen molar-refractivity contribution in [1.82, 2.24) is 15.1 Å². The van der Waals surface area contributed by atoms with Gasteiger partial charge in [-0.05, 0) is 55.3 Å². The predicted octanol–water partition coefficient (Wildman–Crippen LogP) is 4.38. The maximum Gasteiger partial charge on any atom is 0.327 e. The van der Waals surface area contributed by atoms with Crippen molar-refractivity contribution in [3.63, 3.8) is 0 Å². The van der Waals surface area contributed by atoms with Crippen LogP contribution in [-0.2, 0) is 22.7 Å². The highest BCUT2D eigenvalue weighted by atomic mass is 32.1. The quantitative estimate of drug-likeness (QED) is 0.357. The van der Waals surface area contributed by atoms with Crippen LogP contribution in [0, 0.1) is 5.92 Å². The lowest BCUT2D eigenvalue weighted by atomic mass is 9.81. The van der Waals surface area contributed by atoms with Crippen LogP contribution < -0.4 is 10.1 Å². The lowest BCUT2D eigenvalue weighted by Crippen LogP contribution is -2.62. The van der Waals surface area contributed by atoms with Crippen LogP contribution in [0.5, 0.6) is 5.75 Å². The molecule has 0 spiro atoms. The van der Waals surface area contributed by atoms with Gasteiger partial charge in [0.2, 0.25) is 11.8 Å². The summed E-state index contributed by atoms with van der Waals surface area (Å²) in [4.78, 5) is 54.6. The number of hydrogen-bond donors (Lipinski definition) is 1. The van der Waals surface area contributed by atoms with Gasteiger partial charge in [0.05, 0.1) is 26.1 Å². The van der Waals surface area contributed by atoms with Gasteiger partial charge in [-0.15, -0.1) is 11.3 Å². The molecular formula is C27H33N3O5S. The second kappa shape index (κ2) is 12.2. The molecule has 1 aromatic heterocycles. The third-order valence-corrected chi connectivity index (χ3v) is 7.92. The zero-order chi connectivity index (χ0) is 25.5. The number of methoxy groups -OCH3 is 1. The number of nitrogens with zero attached hydrogens (tertiary/aromatic N) is 2. The minimum atomic E-state index is -0.302. The van der Waals surface area contributed by atoms with Crippen LogP contribution in [0.1, 0.15) is 65.7 Å². The van der Waals surface area contributed by atoms with Gasteiger partial charge in [-0.1, -0.05) is 18.9 Å². The molecule has 1 saturated heterocycles. The molecule has 36 heavy (non-hydrogen) atoms. The molecule has 4 amide bonds. The fourth-order valence-corrected chi connectivity index (χ4v) is 5.82. The standard InChI is InChI=1S/C27H33N3O5S/c1-35-24-12-11-19(18-31)15-20(24)17-30-23-9-3-2-8-22(23)26(33)29(27(30)34)13-5-4-10-25(32)28-16-21-7-6-14-36-21/h6-7,11-12,14-15,18,22-23H,2-5,8-10,13,16-17H2,1H3,(H,28,32). The third kappa shape index (κ3) is 5.95. The summed E-state index contributed by atoms with van der Waals surface area (Å²) in [5.41, 5.74) is 1.26. The topological polar surface area (TPSA) is 96.0 Å². The number of urea groups is 1. The highest BCUT2D eigenvalue weighted by Gasteiger charge is 2.46. The summed E-state index contributed by atoms with van der Waals surface area (Å²) in [5, 5.41) is 4.89. The Morgan fingerprint density at radius 1 is 1.19 bits per heavy atom. The first kappa shape index (κ1) is 25.9. The number of amides is 4. The first-order valence-electron chi connectivity index (χ1n) is 12.5. The summed E-state index contributed by atoms with van der Waals surface area (Å²) in [6.07, 6.45) is 5.79.